The second-order valence-electron chi connectivity index (χ2n) is 8.82. The Hall–Kier alpha value is -4.61. The molecule has 1 aliphatic heterocycles. The van der Waals surface area contributed by atoms with Crippen LogP contribution in [0.15, 0.2) is 112 Å². The first kappa shape index (κ1) is 27.9. The number of nitrogens with zero attached hydrogens (tertiary/aromatic N) is 3. The summed E-state index contributed by atoms with van der Waals surface area (Å²) in [5.41, 5.74) is 1.68. The minimum absolute atomic E-state index is 0.0151. The number of anilines is 2. The van der Waals surface area contributed by atoms with Gasteiger partial charge in [0.05, 0.1) is 25.2 Å². The number of ether oxygens (including phenoxy) is 1. The first-order valence-corrected chi connectivity index (χ1v) is 13.7. The molecule has 0 aromatic heterocycles. The van der Waals surface area contributed by atoms with Crippen LogP contribution >= 0.6 is 31.9 Å². The van der Waals surface area contributed by atoms with Gasteiger partial charge in [-0.2, -0.15) is 0 Å². The number of urea groups is 1. The number of hydrogen-bond donors (Lipinski definition) is 0. The van der Waals surface area contributed by atoms with Gasteiger partial charge in [0.1, 0.15) is 17.9 Å². The predicted molar refractivity (Wildman–Crippen MR) is 160 cm³/mol. The number of nitro groups is 1. The molecule has 0 spiro atoms. The lowest BCUT2D eigenvalue weighted by Gasteiger charge is -2.34. The van der Waals surface area contributed by atoms with Crippen molar-refractivity contribution in [3.8, 4) is 5.75 Å². The van der Waals surface area contributed by atoms with Crippen molar-refractivity contribution in [3.63, 3.8) is 0 Å². The number of nitro benzene ring substituents is 1. The van der Waals surface area contributed by atoms with Gasteiger partial charge < -0.3 is 4.74 Å². The number of benzene rings is 4. The van der Waals surface area contributed by atoms with Crippen molar-refractivity contribution in [1.82, 2.24) is 0 Å². The van der Waals surface area contributed by atoms with Crippen LogP contribution in [0.25, 0.3) is 6.08 Å². The Morgan fingerprint density at radius 1 is 0.756 bits per heavy atom. The van der Waals surface area contributed by atoms with Crippen molar-refractivity contribution in [2.75, 3.05) is 9.80 Å². The zero-order valence-electron chi connectivity index (χ0n) is 21.1. The Labute approximate surface area is 251 Å². The molecular formula is C30H19Br2N3O6. The zero-order valence-corrected chi connectivity index (χ0v) is 24.2. The maximum absolute atomic E-state index is 13.6. The lowest BCUT2D eigenvalue weighted by atomic mass is 10.0. The second-order valence-corrected chi connectivity index (χ2v) is 10.5. The standard InChI is InChI=1S/C30H19Br2N3O6/c31-25-16-20(17-26(32)27(25)41-18-19-11-13-23(14-12-19)35(39)40)15-24-28(36)33(21-7-3-1-4-8-21)30(38)34(29(24)37)22-9-5-2-6-10-22/h1-17H,18H2. The highest BCUT2D eigenvalue weighted by Crippen LogP contribution is 2.37. The van der Waals surface area contributed by atoms with Crippen molar-refractivity contribution in [1.29, 1.82) is 0 Å². The molecule has 0 atom stereocenters. The molecule has 1 heterocycles. The maximum atomic E-state index is 13.6. The van der Waals surface area contributed by atoms with E-state index in [4.69, 9.17) is 4.74 Å². The predicted octanol–water partition coefficient (Wildman–Crippen LogP) is 7.28. The van der Waals surface area contributed by atoms with Crippen LogP contribution < -0.4 is 14.5 Å². The molecule has 0 unspecified atom stereocenters. The summed E-state index contributed by atoms with van der Waals surface area (Å²) in [5, 5.41) is 10.9. The summed E-state index contributed by atoms with van der Waals surface area (Å²) in [6, 6.07) is 25.4. The first-order chi connectivity index (χ1) is 19.7. The van der Waals surface area contributed by atoms with Crippen LogP contribution in [-0.2, 0) is 16.2 Å². The number of para-hydroxylation sites is 2. The molecule has 1 aliphatic rings. The van der Waals surface area contributed by atoms with Crippen molar-refractivity contribution < 1.29 is 24.0 Å². The third-order valence-corrected chi connectivity index (χ3v) is 7.32. The third-order valence-electron chi connectivity index (χ3n) is 6.14. The van der Waals surface area contributed by atoms with Gasteiger partial charge in [-0.1, -0.05) is 36.4 Å². The van der Waals surface area contributed by atoms with Crippen LogP contribution in [-0.4, -0.2) is 22.8 Å². The number of carbonyl (C=O) groups excluding carboxylic acids is 3. The highest BCUT2D eigenvalue weighted by atomic mass is 79.9. The van der Waals surface area contributed by atoms with E-state index in [0.717, 1.165) is 15.4 Å². The Balaban J connectivity index is 1.48. The topological polar surface area (TPSA) is 110 Å². The zero-order chi connectivity index (χ0) is 29.1. The summed E-state index contributed by atoms with van der Waals surface area (Å²) >= 11 is 6.97. The summed E-state index contributed by atoms with van der Waals surface area (Å²) in [4.78, 5) is 53.0. The van der Waals surface area contributed by atoms with Crippen LogP contribution in [0.2, 0.25) is 0 Å². The normalized spacial score (nSPS) is 13.4. The molecule has 5 rings (SSSR count). The molecule has 204 valence electrons. The summed E-state index contributed by atoms with van der Waals surface area (Å²) in [5.74, 6) is -1.04. The summed E-state index contributed by atoms with van der Waals surface area (Å²) in [6.07, 6.45) is 1.43. The van der Waals surface area contributed by atoms with E-state index in [1.54, 1.807) is 84.9 Å². The molecule has 4 amide bonds. The average molecular weight is 677 g/mol. The molecule has 4 aromatic rings. The Bertz CT molecular complexity index is 1610. The van der Waals surface area contributed by atoms with Crippen LogP contribution in [0, 0.1) is 10.1 Å². The fourth-order valence-corrected chi connectivity index (χ4v) is 5.63. The molecule has 41 heavy (non-hydrogen) atoms. The van der Waals surface area contributed by atoms with Crippen LogP contribution in [0.5, 0.6) is 5.75 Å². The second kappa shape index (κ2) is 11.9. The van der Waals surface area contributed by atoms with E-state index in [0.29, 0.717) is 31.6 Å². The van der Waals surface area contributed by atoms with Gasteiger partial charge in [-0.25, -0.2) is 14.6 Å². The summed E-state index contributed by atoms with van der Waals surface area (Å²) in [7, 11) is 0. The summed E-state index contributed by atoms with van der Waals surface area (Å²) < 4.78 is 6.99. The quantitative estimate of drug-likeness (QED) is 0.0881. The minimum atomic E-state index is -0.771. The van der Waals surface area contributed by atoms with Gasteiger partial charge in [-0.3, -0.25) is 19.7 Å². The molecule has 11 heteroatoms. The molecule has 0 radical (unpaired) electrons. The smallest absolute Gasteiger partial charge is 0.343 e. The molecule has 1 saturated heterocycles. The maximum Gasteiger partial charge on any atom is 0.343 e. The lowest BCUT2D eigenvalue weighted by molar-refractivity contribution is -0.384. The largest absolute Gasteiger partial charge is 0.487 e. The molecule has 1 fully saturated rings. The van der Waals surface area contributed by atoms with Gasteiger partial charge in [0.15, 0.2) is 0 Å². The molecule has 4 aromatic carbocycles. The number of carbonyl (C=O) groups is 3. The Morgan fingerprint density at radius 2 is 1.24 bits per heavy atom. The molecule has 9 nitrogen and oxygen atoms in total. The molecular weight excluding hydrogens is 658 g/mol. The average Bonchev–Trinajstić information content (AvgIpc) is 2.96. The van der Waals surface area contributed by atoms with Crippen LogP contribution in [0.4, 0.5) is 21.9 Å². The van der Waals surface area contributed by atoms with Gasteiger partial charge >= 0.3 is 6.03 Å². The van der Waals surface area contributed by atoms with Gasteiger partial charge in [-0.15, -0.1) is 0 Å². The third kappa shape index (κ3) is 5.81. The number of imide groups is 2. The molecule has 0 N–H and O–H groups in total. The first-order valence-electron chi connectivity index (χ1n) is 12.1. The van der Waals surface area contributed by atoms with E-state index in [1.165, 1.54) is 18.2 Å². The van der Waals surface area contributed by atoms with Crippen molar-refractivity contribution >= 4 is 72.8 Å². The van der Waals surface area contributed by atoms with E-state index in [9.17, 15) is 24.5 Å². The number of halogens is 2. The Kier molecular flexibility index (Phi) is 8.09. The van der Waals surface area contributed by atoms with Gasteiger partial charge in [0.25, 0.3) is 17.5 Å². The van der Waals surface area contributed by atoms with E-state index < -0.39 is 22.8 Å². The van der Waals surface area contributed by atoms with E-state index in [-0.39, 0.29) is 17.9 Å². The van der Waals surface area contributed by atoms with Crippen molar-refractivity contribution in [2.45, 2.75) is 6.61 Å². The van der Waals surface area contributed by atoms with E-state index >= 15 is 0 Å². The number of non-ortho nitro benzene ring substituents is 1. The number of amides is 4. The Morgan fingerprint density at radius 3 is 1.71 bits per heavy atom. The van der Waals surface area contributed by atoms with Gasteiger partial charge in [0.2, 0.25) is 0 Å². The van der Waals surface area contributed by atoms with Crippen LogP contribution in [0.1, 0.15) is 11.1 Å². The minimum Gasteiger partial charge on any atom is -0.487 e. The highest BCUT2D eigenvalue weighted by Gasteiger charge is 2.43. The van der Waals surface area contributed by atoms with Gasteiger partial charge in [-0.05, 0) is 97.6 Å². The van der Waals surface area contributed by atoms with E-state index in [1.807, 2.05) is 0 Å². The lowest BCUT2D eigenvalue weighted by Crippen LogP contribution is -2.57. The SMILES string of the molecule is O=C1C(=Cc2cc(Br)c(OCc3ccc([N+](=O)[O-])cc3)c(Br)c2)C(=O)N(c2ccccc2)C(=O)N1c1ccccc1. The highest BCUT2D eigenvalue weighted by molar-refractivity contribution is 9.11. The van der Waals surface area contributed by atoms with E-state index in [2.05, 4.69) is 31.9 Å². The number of barbiturate groups is 1. The fraction of sp³-hybridized carbons (Fsp3) is 0.0333. The number of hydrogen-bond acceptors (Lipinski definition) is 6. The molecule has 0 aliphatic carbocycles. The monoisotopic (exact) mass is 675 g/mol. The molecule has 0 saturated carbocycles. The molecule has 0 bridgehead atoms. The number of rotatable bonds is 7. The van der Waals surface area contributed by atoms with Crippen molar-refractivity contribution in [3.05, 3.63) is 133 Å². The fourth-order valence-electron chi connectivity index (χ4n) is 4.18. The van der Waals surface area contributed by atoms with Crippen LogP contribution in [0.3, 0.4) is 0 Å². The van der Waals surface area contributed by atoms with Gasteiger partial charge in [0, 0.05) is 12.1 Å². The summed E-state index contributed by atoms with van der Waals surface area (Å²) in [6.45, 7) is 0.146. The van der Waals surface area contributed by atoms with Crippen molar-refractivity contribution in [2.24, 2.45) is 0 Å².